The highest BCUT2D eigenvalue weighted by Crippen LogP contribution is 2.59. The summed E-state index contributed by atoms with van der Waals surface area (Å²) in [5.74, 6) is 7.78. The fourth-order valence-electron chi connectivity index (χ4n) is 5.52. The molecular formula is C24H40O4Si. The van der Waals surface area contributed by atoms with E-state index in [1.165, 1.54) is 32.1 Å². The Morgan fingerprint density at radius 3 is 2.38 bits per heavy atom. The number of ether oxygens (including phenoxy) is 2. The third-order valence-corrected chi connectivity index (χ3v) is 12.9. The van der Waals surface area contributed by atoms with Gasteiger partial charge in [-0.2, -0.15) is 0 Å². The molecular weight excluding hydrogens is 380 g/mol. The van der Waals surface area contributed by atoms with E-state index in [0.717, 1.165) is 12.8 Å². The fourth-order valence-corrected chi connectivity index (χ4v) is 6.76. The molecule has 0 radical (unpaired) electrons. The van der Waals surface area contributed by atoms with Crippen LogP contribution >= 0.6 is 0 Å². The van der Waals surface area contributed by atoms with Crippen molar-refractivity contribution in [2.75, 3.05) is 13.2 Å². The highest BCUT2D eigenvalue weighted by molar-refractivity contribution is 6.74. The van der Waals surface area contributed by atoms with Crippen LogP contribution in [0.15, 0.2) is 0 Å². The number of rotatable bonds is 3. The van der Waals surface area contributed by atoms with Gasteiger partial charge in [0, 0.05) is 18.3 Å². The molecule has 1 N–H and O–H groups in total. The Kier molecular flexibility index (Phi) is 5.98. The van der Waals surface area contributed by atoms with Gasteiger partial charge >= 0.3 is 0 Å². The van der Waals surface area contributed by atoms with E-state index in [0.29, 0.717) is 25.0 Å². The first-order valence-electron chi connectivity index (χ1n) is 11.8. The number of aliphatic hydroxyl groups excluding tert-OH is 1. The van der Waals surface area contributed by atoms with Crippen LogP contribution in [0.3, 0.4) is 0 Å². The molecule has 3 aliphatic carbocycles. The first-order chi connectivity index (χ1) is 13.6. The zero-order valence-corrected chi connectivity index (χ0v) is 20.0. The average Bonchev–Trinajstić information content (AvgIpc) is 3.24. The highest BCUT2D eigenvalue weighted by Gasteiger charge is 2.64. The van der Waals surface area contributed by atoms with Gasteiger partial charge in [0.15, 0.2) is 14.1 Å². The van der Waals surface area contributed by atoms with E-state index >= 15 is 0 Å². The summed E-state index contributed by atoms with van der Waals surface area (Å²) in [6.07, 6.45) is 7.71. The third kappa shape index (κ3) is 4.08. The minimum Gasteiger partial charge on any atom is -0.403 e. The quantitative estimate of drug-likeness (QED) is 0.530. The summed E-state index contributed by atoms with van der Waals surface area (Å²) < 4.78 is 18.7. The average molecular weight is 421 g/mol. The van der Waals surface area contributed by atoms with E-state index in [9.17, 15) is 5.11 Å². The molecule has 1 aliphatic heterocycles. The van der Waals surface area contributed by atoms with Crippen molar-refractivity contribution >= 4 is 8.32 Å². The highest BCUT2D eigenvalue weighted by atomic mass is 28.4. The van der Waals surface area contributed by atoms with Crippen molar-refractivity contribution < 1.29 is 19.0 Å². The van der Waals surface area contributed by atoms with E-state index in [4.69, 9.17) is 13.9 Å². The summed E-state index contributed by atoms with van der Waals surface area (Å²) in [5.41, 5.74) is 0. The van der Waals surface area contributed by atoms with Crippen molar-refractivity contribution in [1.29, 1.82) is 0 Å². The number of hydrogen-bond acceptors (Lipinski definition) is 4. The van der Waals surface area contributed by atoms with Crippen LogP contribution in [0.2, 0.25) is 18.1 Å². The maximum absolute atomic E-state index is 10.9. The molecule has 5 atom stereocenters. The zero-order chi connectivity index (χ0) is 20.9. The molecule has 4 nitrogen and oxygen atoms in total. The first-order valence-corrected chi connectivity index (χ1v) is 14.7. The first kappa shape index (κ1) is 21.8. The van der Waals surface area contributed by atoms with Crippen molar-refractivity contribution in [2.24, 2.45) is 23.7 Å². The van der Waals surface area contributed by atoms with Crippen LogP contribution in [0.5, 0.6) is 0 Å². The summed E-state index contributed by atoms with van der Waals surface area (Å²) in [6, 6.07) is 0. The van der Waals surface area contributed by atoms with Crippen molar-refractivity contribution in [2.45, 2.75) is 102 Å². The predicted molar refractivity (Wildman–Crippen MR) is 117 cm³/mol. The molecule has 1 heterocycles. The molecule has 0 bridgehead atoms. The van der Waals surface area contributed by atoms with Crippen molar-refractivity contribution in [1.82, 2.24) is 0 Å². The number of aliphatic hydroxyl groups is 1. The standard InChI is InChI=1S/C24H40O4Si/c1-23(2,3)29(4,5)28-21(17-9-7-6-8-10-17)12-11-18-15-20-19(22(18)25)16-24(20)26-13-14-27-24/h17-22,25H,6-10,13-16H2,1-5H3. The van der Waals surface area contributed by atoms with Crippen LogP contribution in [0.4, 0.5) is 0 Å². The summed E-state index contributed by atoms with van der Waals surface area (Å²) in [5, 5.41) is 11.0. The Morgan fingerprint density at radius 2 is 1.76 bits per heavy atom. The Hall–Kier alpha value is -0.383. The summed E-state index contributed by atoms with van der Waals surface area (Å²) in [4.78, 5) is 0. The van der Waals surface area contributed by atoms with E-state index in [-0.39, 0.29) is 29.1 Å². The third-order valence-electron chi connectivity index (χ3n) is 8.45. The Morgan fingerprint density at radius 1 is 1.10 bits per heavy atom. The van der Waals surface area contributed by atoms with Crippen LogP contribution in [0.1, 0.15) is 65.7 Å². The zero-order valence-electron chi connectivity index (χ0n) is 19.0. The topological polar surface area (TPSA) is 47.9 Å². The second kappa shape index (κ2) is 7.95. The summed E-state index contributed by atoms with van der Waals surface area (Å²) in [7, 11) is -1.89. The lowest BCUT2D eigenvalue weighted by atomic mass is 9.69. The molecule has 0 aromatic rings. The molecule has 3 saturated carbocycles. The van der Waals surface area contributed by atoms with Crippen molar-refractivity contribution in [3.05, 3.63) is 0 Å². The van der Waals surface area contributed by atoms with Gasteiger partial charge in [-0.15, -0.1) is 0 Å². The molecule has 164 valence electrons. The normalized spacial score (nSPS) is 35.7. The van der Waals surface area contributed by atoms with Gasteiger partial charge < -0.3 is 19.0 Å². The van der Waals surface area contributed by atoms with Gasteiger partial charge in [0.05, 0.1) is 19.3 Å². The van der Waals surface area contributed by atoms with E-state index in [1.54, 1.807) is 0 Å². The minimum absolute atomic E-state index is 0.00888. The summed E-state index contributed by atoms with van der Waals surface area (Å²) in [6.45, 7) is 12.9. The monoisotopic (exact) mass is 420 g/mol. The minimum atomic E-state index is -1.89. The van der Waals surface area contributed by atoms with Gasteiger partial charge in [-0.3, -0.25) is 0 Å². The van der Waals surface area contributed by atoms with Crippen LogP contribution in [-0.4, -0.2) is 44.6 Å². The predicted octanol–water partition coefficient (Wildman–Crippen LogP) is 4.72. The molecule has 5 unspecified atom stereocenters. The lowest BCUT2D eigenvalue weighted by Gasteiger charge is -2.48. The molecule has 1 saturated heterocycles. The molecule has 4 fully saturated rings. The van der Waals surface area contributed by atoms with E-state index in [1.807, 2.05) is 0 Å². The van der Waals surface area contributed by atoms with Crippen molar-refractivity contribution in [3.63, 3.8) is 0 Å². The molecule has 0 aromatic carbocycles. The van der Waals surface area contributed by atoms with Crippen LogP contribution in [-0.2, 0) is 13.9 Å². The fraction of sp³-hybridized carbons (Fsp3) is 0.917. The Bertz CT molecular complexity index is 646. The Balaban J connectivity index is 1.49. The molecule has 5 heteroatoms. The van der Waals surface area contributed by atoms with Gasteiger partial charge in [-0.1, -0.05) is 51.9 Å². The van der Waals surface area contributed by atoms with Gasteiger partial charge in [0.2, 0.25) is 0 Å². The molecule has 4 aliphatic rings. The molecule has 0 amide bonds. The SMILES string of the molecule is CC(C)(C)[Si](C)(C)OC(C#CC1CC2C(CC23OCCO3)C1O)C1CCCCC1. The molecule has 0 aromatic heterocycles. The van der Waals surface area contributed by atoms with Gasteiger partial charge in [-0.25, -0.2) is 0 Å². The second-order valence-electron chi connectivity index (χ2n) is 11.3. The largest absolute Gasteiger partial charge is 0.403 e. The van der Waals surface area contributed by atoms with Crippen molar-refractivity contribution in [3.8, 4) is 11.8 Å². The number of hydrogen-bond donors (Lipinski definition) is 1. The smallest absolute Gasteiger partial charge is 0.193 e. The lowest BCUT2D eigenvalue weighted by molar-refractivity contribution is -0.275. The Labute approximate surface area is 178 Å². The second-order valence-corrected chi connectivity index (χ2v) is 16.1. The molecule has 1 spiro atoms. The van der Waals surface area contributed by atoms with Crippen LogP contribution < -0.4 is 0 Å². The van der Waals surface area contributed by atoms with Gasteiger partial charge in [0.25, 0.3) is 0 Å². The number of fused-ring (bicyclic) bond motifs is 2. The lowest BCUT2D eigenvalue weighted by Crippen LogP contribution is -2.54. The van der Waals surface area contributed by atoms with Gasteiger partial charge in [-0.05, 0) is 49.2 Å². The van der Waals surface area contributed by atoms with E-state index in [2.05, 4.69) is 45.7 Å². The molecule has 4 rings (SSSR count). The maximum atomic E-state index is 10.9. The van der Waals surface area contributed by atoms with Crippen LogP contribution in [0, 0.1) is 35.5 Å². The van der Waals surface area contributed by atoms with E-state index < -0.39 is 14.1 Å². The maximum Gasteiger partial charge on any atom is 0.193 e. The summed E-state index contributed by atoms with van der Waals surface area (Å²) >= 11 is 0. The molecule has 29 heavy (non-hydrogen) atoms. The van der Waals surface area contributed by atoms with Crippen LogP contribution in [0.25, 0.3) is 0 Å². The van der Waals surface area contributed by atoms with Gasteiger partial charge in [0.1, 0.15) is 6.10 Å².